The summed E-state index contributed by atoms with van der Waals surface area (Å²) in [5, 5.41) is 19.3. The Labute approximate surface area is 167 Å². The third kappa shape index (κ3) is 3.98. The highest BCUT2D eigenvalue weighted by Gasteiger charge is 2.14. The van der Waals surface area contributed by atoms with Crippen LogP contribution in [-0.4, -0.2) is 0 Å². The van der Waals surface area contributed by atoms with E-state index < -0.39 is 0 Å². The van der Waals surface area contributed by atoms with Gasteiger partial charge in [-0.15, -0.1) is 0 Å². The summed E-state index contributed by atoms with van der Waals surface area (Å²) in [6.07, 6.45) is 4.01. The van der Waals surface area contributed by atoms with Gasteiger partial charge in [0.25, 0.3) is 0 Å². The minimum atomic E-state index is 0.477. The summed E-state index contributed by atoms with van der Waals surface area (Å²) in [6.45, 7) is 4.27. The van der Waals surface area contributed by atoms with E-state index in [0.29, 0.717) is 11.1 Å². The van der Waals surface area contributed by atoms with Crippen LogP contribution in [0.3, 0.4) is 0 Å². The van der Waals surface area contributed by atoms with Gasteiger partial charge in [-0.25, -0.2) is 0 Å². The van der Waals surface area contributed by atoms with Crippen molar-refractivity contribution in [3.8, 4) is 34.4 Å². The molecule has 0 atom stereocenters. The molecule has 0 fully saturated rings. The topological polar surface area (TPSA) is 47.6 Å². The Hall–Kier alpha value is -3.36. The van der Waals surface area contributed by atoms with Gasteiger partial charge < -0.3 is 0 Å². The maximum absolute atomic E-state index is 9.69. The van der Waals surface area contributed by atoms with Crippen molar-refractivity contribution in [2.24, 2.45) is 0 Å². The monoisotopic (exact) mass is 364 g/mol. The van der Waals surface area contributed by atoms with Crippen LogP contribution >= 0.6 is 0 Å². The largest absolute Gasteiger partial charge is 0.192 e. The SMILES string of the molecule is CCCc1ccc(-c2ccc(-c3ccc(CCC)c(C#N)c3C#N)cc2)cc1. The number of rotatable bonds is 6. The van der Waals surface area contributed by atoms with Crippen LogP contribution in [0, 0.1) is 22.7 Å². The Morgan fingerprint density at radius 2 is 1.14 bits per heavy atom. The van der Waals surface area contributed by atoms with E-state index in [1.165, 1.54) is 11.1 Å². The molecule has 0 N–H and O–H groups in total. The predicted octanol–water partition coefficient (Wildman–Crippen LogP) is 6.67. The van der Waals surface area contributed by atoms with Crippen molar-refractivity contribution in [1.29, 1.82) is 10.5 Å². The van der Waals surface area contributed by atoms with Crippen molar-refractivity contribution in [2.75, 3.05) is 0 Å². The molecule has 0 amide bonds. The number of nitriles is 2. The quantitative estimate of drug-likeness (QED) is 0.490. The lowest BCUT2D eigenvalue weighted by molar-refractivity contribution is 0.917. The molecule has 0 bridgehead atoms. The Balaban J connectivity index is 1.95. The molecule has 0 radical (unpaired) electrons. The molecule has 2 nitrogen and oxygen atoms in total. The van der Waals surface area contributed by atoms with Crippen LogP contribution in [0.25, 0.3) is 22.3 Å². The zero-order valence-corrected chi connectivity index (χ0v) is 16.5. The molecule has 2 heteroatoms. The summed E-state index contributed by atoms with van der Waals surface area (Å²) >= 11 is 0. The third-order valence-electron chi connectivity index (χ3n) is 5.06. The molecule has 0 unspecified atom stereocenters. The highest BCUT2D eigenvalue weighted by Crippen LogP contribution is 2.30. The van der Waals surface area contributed by atoms with E-state index in [1.807, 2.05) is 24.3 Å². The molecule has 0 aromatic heterocycles. The number of nitrogens with zero attached hydrogens (tertiary/aromatic N) is 2. The summed E-state index contributed by atoms with van der Waals surface area (Å²) in [5.74, 6) is 0. The second-order valence-electron chi connectivity index (χ2n) is 7.02. The molecule has 0 aliphatic heterocycles. The molecule has 0 heterocycles. The van der Waals surface area contributed by atoms with Gasteiger partial charge in [0.05, 0.1) is 11.1 Å². The molecule has 3 aromatic carbocycles. The smallest absolute Gasteiger partial charge is 0.101 e. The van der Waals surface area contributed by atoms with Crippen molar-refractivity contribution in [2.45, 2.75) is 39.5 Å². The first-order chi connectivity index (χ1) is 13.7. The van der Waals surface area contributed by atoms with Gasteiger partial charge >= 0.3 is 0 Å². The van der Waals surface area contributed by atoms with Gasteiger partial charge in [-0.05, 0) is 40.7 Å². The fourth-order valence-electron chi connectivity index (χ4n) is 3.60. The van der Waals surface area contributed by atoms with E-state index in [9.17, 15) is 10.5 Å². The number of benzene rings is 3. The van der Waals surface area contributed by atoms with E-state index in [0.717, 1.165) is 47.9 Å². The predicted molar refractivity (Wildman–Crippen MR) is 115 cm³/mol. The molecule has 0 aliphatic rings. The Morgan fingerprint density at radius 1 is 0.607 bits per heavy atom. The first-order valence-corrected chi connectivity index (χ1v) is 9.87. The van der Waals surface area contributed by atoms with Gasteiger partial charge in [-0.2, -0.15) is 10.5 Å². The Kier molecular flexibility index (Phi) is 6.25. The maximum Gasteiger partial charge on any atom is 0.101 e. The molecule has 3 aromatic rings. The lowest BCUT2D eigenvalue weighted by Gasteiger charge is -2.11. The Bertz CT molecular complexity index is 1030. The molecule has 138 valence electrons. The fraction of sp³-hybridized carbons (Fsp3) is 0.231. The van der Waals surface area contributed by atoms with Crippen molar-refractivity contribution in [3.63, 3.8) is 0 Å². The van der Waals surface area contributed by atoms with Gasteiger partial charge in [0.1, 0.15) is 12.1 Å². The molecule has 0 saturated carbocycles. The highest BCUT2D eigenvalue weighted by molar-refractivity contribution is 5.77. The second-order valence-corrected chi connectivity index (χ2v) is 7.02. The minimum absolute atomic E-state index is 0.477. The van der Waals surface area contributed by atoms with Gasteiger partial charge in [-0.3, -0.25) is 0 Å². The van der Waals surface area contributed by atoms with E-state index in [2.05, 4.69) is 62.4 Å². The van der Waals surface area contributed by atoms with Crippen LogP contribution in [0.1, 0.15) is 48.9 Å². The highest BCUT2D eigenvalue weighted by atomic mass is 14.3. The van der Waals surface area contributed by atoms with Crippen LogP contribution < -0.4 is 0 Å². The molecule has 3 rings (SSSR count). The van der Waals surface area contributed by atoms with Gasteiger partial charge in [0, 0.05) is 5.56 Å². The van der Waals surface area contributed by atoms with Crippen LogP contribution in [0.2, 0.25) is 0 Å². The van der Waals surface area contributed by atoms with Crippen LogP contribution in [-0.2, 0) is 12.8 Å². The molecule has 28 heavy (non-hydrogen) atoms. The number of hydrogen-bond acceptors (Lipinski definition) is 2. The summed E-state index contributed by atoms with van der Waals surface area (Å²) in [4.78, 5) is 0. The average Bonchev–Trinajstić information content (AvgIpc) is 2.74. The normalized spacial score (nSPS) is 10.3. The summed E-state index contributed by atoms with van der Waals surface area (Å²) in [6, 6.07) is 25.4. The molecule has 0 saturated heterocycles. The lowest BCUT2D eigenvalue weighted by Crippen LogP contribution is -1.97. The Morgan fingerprint density at radius 3 is 1.68 bits per heavy atom. The number of hydrogen-bond donors (Lipinski definition) is 0. The van der Waals surface area contributed by atoms with Crippen molar-refractivity contribution in [1.82, 2.24) is 0 Å². The second kappa shape index (κ2) is 9.03. The molecular weight excluding hydrogens is 340 g/mol. The van der Waals surface area contributed by atoms with E-state index in [-0.39, 0.29) is 0 Å². The van der Waals surface area contributed by atoms with Gasteiger partial charge in [-0.1, -0.05) is 87.4 Å². The van der Waals surface area contributed by atoms with Gasteiger partial charge in [0.15, 0.2) is 0 Å². The summed E-state index contributed by atoms with van der Waals surface area (Å²) < 4.78 is 0. The van der Waals surface area contributed by atoms with E-state index in [4.69, 9.17) is 0 Å². The fourth-order valence-corrected chi connectivity index (χ4v) is 3.60. The average molecular weight is 364 g/mol. The summed E-state index contributed by atoms with van der Waals surface area (Å²) in [7, 11) is 0. The van der Waals surface area contributed by atoms with Crippen molar-refractivity contribution < 1.29 is 0 Å². The van der Waals surface area contributed by atoms with Crippen LogP contribution in [0.4, 0.5) is 0 Å². The van der Waals surface area contributed by atoms with Crippen molar-refractivity contribution >= 4 is 0 Å². The number of aryl methyl sites for hydroxylation is 2. The maximum atomic E-state index is 9.69. The minimum Gasteiger partial charge on any atom is -0.192 e. The first-order valence-electron chi connectivity index (χ1n) is 9.87. The van der Waals surface area contributed by atoms with Gasteiger partial charge in [0.2, 0.25) is 0 Å². The first kappa shape index (κ1) is 19.4. The zero-order chi connectivity index (χ0) is 19.9. The molecular formula is C26H24N2. The standard InChI is InChI=1S/C26H24N2/c1-3-5-19-7-9-20(10-8-19)21-11-13-23(14-12-21)24-16-15-22(6-4-2)25(17-27)26(24)18-28/h7-16H,3-6H2,1-2H3. The van der Waals surface area contributed by atoms with E-state index >= 15 is 0 Å². The summed E-state index contributed by atoms with van der Waals surface area (Å²) in [5.41, 5.74) is 7.41. The lowest BCUT2D eigenvalue weighted by atomic mass is 9.91. The van der Waals surface area contributed by atoms with Crippen LogP contribution in [0.5, 0.6) is 0 Å². The zero-order valence-electron chi connectivity index (χ0n) is 16.5. The van der Waals surface area contributed by atoms with Crippen LogP contribution in [0.15, 0.2) is 60.7 Å². The van der Waals surface area contributed by atoms with E-state index in [1.54, 1.807) is 0 Å². The third-order valence-corrected chi connectivity index (χ3v) is 5.06. The molecule has 0 aliphatic carbocycles. The van der Waals surface area contributed by atoms with Crippen molar-refractivity contribution in [3.05, 3.63) is 82.9 Å². The molecule has 0 spiro atoms.